The van der Waals surface area contributed by atoms with E-state index in [1.54, 1.807) is 6.42 Å². The number of hydrogen-bond donors (Lipinski definition) is 1. The molecule has 0 rings (SSSR count). The SMILES string of the molecule is [CH2][CH]CC(CC)C(=O)O. The number of carbonyl (C=O) groups is 1. The van der Waals surface area contributed by atoms with Gasteiger partial charge in [-0.25, -0.2) is 0 Å². The van der Waals surface area contributed by atoms with Gasteiger partial charge in [0.25, 0.3) is 0 Å². The van der Waals surface area contributed by atoms with Gasteiger partial charge in [0, 0.05) is 0 Å². The Morgan fingerprint density at radius 2 is 2.44 bits per heavy atom. The van der Waals surface area contributed by atoms with E-state index in [2.05, 4.69) is 6.92 Å². The van der Waals surface area contributed by atoms with Crippen LogP contribution < -0.4 is 0 Å². The van der Waals surface area contributed by atoms with Crippen molar-refractivity contribution < 1.29 is 9.90 Å². The highest BCUT2D eigenvalue weighted by Gasteiger charge is 2.12. The van der Waals surface area contributed by atoms with Gasteiger partial charge in [0.15, 0.2) is 0 Å². The standard InChI is InChI=1S/C7H12O2/c1-3-5-6(4-2)7(8)9/h3,6H,1,4-5H2,2H3,(H,8,9). The summed E-state index contributed by atoms with van der Waals surface area (Å²) in [6, 6.07) is 0. The lowest BCUT2D eigenvalue weighted by Crippen LogP contribution is -2.11. The van der Waals surface area contributed by atoms with E-state index in [1.807, 2.05) is 6.92 Å². The van der Waals surface area contributed by atoms with Crippen LogP contribution in [0.2, 0.25) is 0 Å². The summed E-state index contributed by atoms with van der Waals surface area (Å²) in [4.78, 5) is 10.3. The highest BCUT2D eigenvalue weighted by atomic mass is 16.4. The molecular weight excluding hydrogens is 116 g/mol. The molecule has 0 aromatic rings. The van der Waals surface area contributed by atoms with Gasteiger partial charge in [-0.2, -0.15) is 0 Å². The first kappa shape index (κ1) is 8.47. The molecule has 2 heteroatoms. The third-order valence-corrected chi connectivity index (χ3v) is 1.29. The van der Waals surface area contributed by atoms with Crippen LogP contribution in [0.1, 0.15) is 19.8 Å². The van der Waals surface area contributed by atoms with Crippen molar-refractivity contribution >= 4 is 5.97 Å². The number of hydrogen-bond acceptors (Lipinski definition) is 1. The molecule has 9 heavy (non-hydrogen) atoms. The van der Waals surface area contributed by atoms with Gasteiger partial charge in [-0.3, -0.25) is 4.79 Å². The fourth-order valence-corrected chi connectivity index (χ4v) is 0.643. The molecule has 1 unspecified atom stereocenters. The zero-order chi connectivity index (χ0) is 7.28. The van der Waals surface area contributed by atoms with Crippen LogP contribution in [0.15, 0.2) is 0 Å². The average molecular weight is 128 g/mol. The second kappa shape index (κ2) is 4.36. The summed E-state index contributed by atoms with van der Waals surface area (Å²) in [5.74, 6) is -0.958. The summed E-state index contributed by atoms with van der Waals surface area (Å²) < 4.78 is 0. The minimum Gasteiger partial charge on any atom is -0.481 e. The Hall–Kier alpha value is -0.530. The van der Waals surface area contributed by atoms with E-state index in [0.717, 1.165) is 0 Å². The minimum atomic E-state index is -0.725. The largest absolute Gasteiger partial charge is 0.481 e. The van der Waals surface area contributed by atoms with Gasteiger partial charge in [0.1, 0.15) is 0 Å². The van der Waals surface area contributed by atoms with Gasteiger partial charge in [-0.1, -0.05) is 6.92 Å². The van der Waals surface area contributed by atoms with Crippen molar-refractivity contribution in [3.8, 4) is 0 Å². The van der Waals surface area contributed by atoms with Crippen molar-refractivity contribution in [2.24, 2.45) is 5.92 Å². The van der Waals surface area contributed by atoms with Crippen molar-refractivity contribution in [1.82, 2.24) is 0 Å². The molecule has 0 saturated heterocycles. The number of rotatable bonds is 4. The molecule has 0 aliphatic rings. The Kier molecular flexibility index (Phi) is 4.10. The molecule has 0 aromatic carbocycles. The van der Waals surface area contributed by atoms with Crippen LogP contribution >= 0.6 is 0 Å². The molecule has 0 heterocycles. The lowest BCUT2D eigenvalue weighted by molar-refractivity contribution is -0.141. The second-order valence-electron chi connectivity index (χ2n) is 1.97. The van der Waals surface area contributed by atoms with Crippen molar-refractivity contribution in [2.75, 3.05) is 0 Å². The molecule has 0 fully saturated rings. The molecular formula is C7H12O2. The highest BCUT2D eigenvalue weighted by Crippen LogP contribution is 2.08. The second-order valence-corrected chi connectivity index (χ2v) is 1.97. The molecule has 0 aliphatic heterocycles. The van der Waals surface area contributed by atoms with Crippen LogP contribution in [0.4, 0.5) is 0 Å². The minimum absolute atomic E-state index is 0.234. The quantitative estimate of drug-likeness (QED) is 0.623. The number of aliphatic carboxylic acids is 1. The van der Waals surface area contributed by atoms with Crippen LogP contribution in [-0.2, 0) is 4.79 Å². The summed E-state index contributed by atoms with van der Waals surface area (Å²) >= 11 is 0. The molecule has 0 spiro atoms. The molecule has 0 amide bonds. The predicted molar refractivity (Wildman–Crippen MR) is 35.7 cm³/mol. The first-order valence-electron chi connectivity index (χ1n) is 3.06. The highest BCUT2D eigenvalue weighted by molar-refractivity contribution is 5.69. The zero-order valence-corrected chi connectivity index (χ0v) is 5.63. The maximum absolute atomic E-state index is 10.3. The Bertz CT molecular complexity index is 88.9. The predicted octanol–water partition coefficient (Wildman–Crippen LogP) is 1.53. The summed E-state index contributed by atoms with van der Waals surface area (Å²) in [7, 11) is 0. The molecule has 2 radical (unpaired) electrons. The van der Waals surface area contributed by atoms with Crippen molar-refractivity contribution in [3.63, 3.8) is 0 Å². The van der Waals surface area contributed by atoms with E-state index in [1.165, 1.54) is 0 Å². The van der Waals surface area contributed by atoms with Crippen LogP contribution in [0.5, 0.6) is 0 Å². The summed E-state index contributed by atoms with van der Waals surface area (Å²) in [5.41, 5.74) is 0. The number of carboxylic acids is 1. The Morgan fingerprint density at radius 1 is 1.89 bits per heavy atom. The summed E-state index contributed by atoms with van der Waals surface area (Å²) in [6.45, 7) is 5.33. The smallest absolute Gasteiger partial charge is 0.306 e. The lowest BCUT2D eigenvalue weighted by Gasteiger charge is -2.05. The fourth-order valence-electron chi connectivity index (χ4n) is 0.643. The monoisotopic (exact) mass is 128 g/mol. The van der Waals surface area contributed by atoms with E-state index in [-0.39, 0.29) is 5.92 Å². The van der Waals surface area contributed by atoms with Crippen LogP contribution in [0.3, 0.4) is 0 Å². The lowest BCUT2D eigenvalue weighted by atomic mass is 10.0. The molecule has 1 atom stereocenters. The van der Waals surface area contributed by atoms with Gasteiger partial charge in [-0.05, 0) is 26.2 Å². The maximum Gasteiger partial charge on any atom is 0.306 e. The fraction of sp³-hybridized carbons (Fsp3) is 0.571. The zero-order valence-electron chi connectivity index (χ0n) is 5.63. The molecule has 1 N–H and O–H groups in total. The van der Waals surface area contributed by atoms with Gasteiger partial charge < -0.3 is 5.11 Å². The summed E-state index contributed by atoms with van der Waals surface area (Å²) in [6.07, 6.45) is 2.90. The summed E-state index contributed by atoms with van der Waals surface area (Å²) in [5, 5.41) is 8.46. The van der Waals surface area contributed by atoms with Crippen LogP contribution in [-0.4, -0.2) is 11.1 Å². The Balaban J connectivity index is 3.54. The molecule has 0 bridgehead atoms. The van der Waals surface area contributed by atoms with Crippen LogP contribution in [0.25, 0.3) is 0 Å². The normalized spacial score (nSPS) is 13.1. The van der Waals surface area contributed by atoms with Gasteiger partial charge >= 0.3 is 5.97 Å². The van der Waals surface area contributed by atoms with E-state index in [4.69, 9.17) is 5.11 Å². The third-order valence-electron chi connectivity index (χ3n) is 1.29. The third kappa shape index (κ3) is 3.12. The van der Waals surface area contributed by atoms with Crippen LogP contribution in [0, 0.1) is 19.3 Å². The Labute approximate surface area is 55.9 Å². The number of carboxylic acid groups (broad SMARTS) is 1. The van der Waals surface area contributed by atoms with Gasteiger partial charge in [0.2, 0.25) is 0 Å². The topological polar surface area (TPSA) is 37.3 Å². The van der Waals surface area contributed by atoms with E-state index in [0.29, 0.717) is 12.8 Å². The average Bonchev–Trinajstić information content (AvgIpc) is 1.82. The van der Waals surface area contributed by atoms with Crippen molar-refractivity contribution in [3.05, 3.63) is 13.3 Å². The van der Waals surface area contributed by atoms with E-state index < -0.39 is 5.97 Å². The van der Waals surface area contributed by atoms with Gasteiger partial charge in [-0.15, -0.1) is 0 Å². The molecule has 0 aliphatic carbocycles. The Morgan fingerprint density at radius 3 is 2.56 bits per heavy atom. The molecule has 52 valence electrons. The van der Waals surface area contributed by atoms with Crippen molar-refractivity contribution in [2.45, 2.75) is 19.8 Å². The molecule has 0 aromatic heterocycles. The van der Waals surface area contributed by atoms with E-state index in [9.17, 15) is 4.79 Å². The maximum atomic E-state index is 10.3. The molecule has 0 saturated carbocycles. The van der Waals surface area contributed by atoms with Crippen molar-refractivity contribution in [1.29, 1.82) is 0 Å². The molecule has 2 nitrogen and oxygen atoms in total. The first-order valence-corrected chi connectivity index (χ1v) is 3.06. The first-order chi connectivity index (χ1) is 4.22. The van der Waals surface area contributed by atoms with Gasteiger partial charge in [0.05, 0.1) is 5.92 Å². The van der Waals surface area contributed by atoms with E-state index >= 15 is 0 Å².